The zero-order valence-corrected chi connectivity index (χ0v) is 18.7. The SMILES string of the molecule is COc1cc(C(Br)C(Br)C(=O)c2ccc(Cl)cc2Cl)c([N+](=O)[O-])cc1OC. The summed E-state index contributed by atoms with van der Waals surface area (Å²) < 4.78 is 10.3. The van der Waals surface area contributed by atoms with E-state index in [-0.39, 0.29) is 33.4 Å². The predicted octanol–water partition coefficient (Wildman–Crippen LogP) is 6.00. The first-order chi connectivity index (χ1) is 12.7. The summed E-state index contributed by atoms with van der Waals surface area (Å²) in [5, 5.41) is 12.1. The van der Waals surface area contributed by atoms with Crippen LogP contribution in [0.15, 0.2) is 30.3 Å². The number of ketones is 1. The second kappa shape index (κ2) is 9.23. The van der Waals surface area contributed by atoms with Crippen LogP contribution in [0.5, 0.6) is 11.5 Å². The minimum atomic E-state index is -0.840. The third-order valence-electron chi connectivity index (χ3n) is 3.73. The molecule has 0 saturated heterocycles. The standard InChI is InChI=1S/C17H13Br2Cl2NO5/c1-26-13-6-10(12(22(24)25)7-14(13)27-2)15(18)16(19)17(23)9-4-3-8(20)5-11(9)21/h3-7,15-16H,1-2H3. The number of rotatable bonds is 7. The molecule has 0 radical (unpaired) electrons. The fraction of sp³-hybridized carbons (Fsp3) is 0.235. The molecule has 0 bridgehead atoms. The van der Waals surface area contributed by atoms with E-state index in [0.29, 0.717) is 10.8 Å². The van der Waals surface area contributed by atoms with E-state index in [1.54, 1.807) is 6.07 Å². The molecule has 0 aliphatic rings. The van der Waals surface area contributed by atoms with Gasteiger partial charge >= 0.3 is 0 Å². The van der Waals surface area contributed by atoms with E-state index in [1.807, 2.05) is 0 Å². The Morgan fingerprint density at radius 2 is 1.70 bits per heavy atom. The molecule has 10 heteroatoms. The van der Waals surface area contributed by atoms with Gasteiger partial charge in [0.1, 0.15) is 0 Å². The smallest absolute Gasteiger partial charge is 0.277 e. The first-order valence-electron chi connectivity index (χ1n) is 7.39. The van der Waals surface area contributed by atoms with Gasteiger partial charge in [-0.3, -0.25) is 14.9 Å². The number of nitro groups is 1. The number of ether oxygens (including phenoxy) is 2. The molecule has 0 aromatic heterocycles. The van der Waals surface area contributed by atoms with Gasteiger partial charge in [0.15, 0.2) is 17.3 Å². The Bertz CT molecular complexity index is 894. The summed E-state index contributed by atoms with van der Waals surface area (Å²) in [6, 6.07) is 7.22. The molecule has 0 amide bonds. The minimum Gasteiger partial charge on any atom is -0.493 e. The summed E-state index contributed by atoms with van der Waals surface area (Å²) in [5.41, 5.74) is 0.280. The molecule has 2 rings (SSSR count). The second-order valence-corrected chi connectivity index (χ2v) is 8.13. The van der Waals surface area contributed by atoms with Crippen molar-refractivity contribution in [3.63, 3.8) is 0 Å². The number of hydrogen-bond acceptors (Lipinski definition) is 5. The quantitative estimate of drug-likeness (QED) is 0.186. The lowest BCUT2D eigenvalue weighted by Gasteiger charge is -2.18. The summed E-state index contributed by atoms with van der Waals surface area (Å²) in [5.74, 6) is 0.160. The van der Waals surface area contributed by atoms with Gasteiger partial charge in [-0.15, -0.1) is 0 Å². The Morgan fingerprint density at radius 3 is 2.22 bits per heavy atom. The molecule has 0 spiro atoms. The third kappa shape index (κ3) is 4.74. The number of halogens is 4. The van der Waals surface area contributed by atoms with Crippen molar-refractivity contribution in [2.75, 3.05) is 14.2 Å². The van der Waals surface area contributed by atoms with Gasteiger partial charge in [-0.05, 0) is 24.3 Å². The number of Topliss-reactive ketones (excluding diaryl/α,β-unsaturated/α-hetero) is 1. The van der Waals surface area contributed by atoms with Crippen molar-refractivity contribution in [2.45, 2.75) is 9.65 Å². The molecule has 0 aliphatic carbocycles. The van der Waals surface area contributed by atoms with Crippen molar-refractivity contribution in [1.29, 1.82) is 0 Å². The molecule has 6 nitrogen and oxygen atoms in total. The van der Waals surface area contributed by atoms with E-state index in [2.05, 4.69) is 31.9 Å². The Balaban J connectivity index is 2.47. The molecule has 0 N–H and O–H groups in total. The highest BCUT2D eigenvalue weighted by Gasteiger charge is 2.33. The van der Waals surface area contributed by atoms with E-state index in [0.717, 1.165) is 0 Å². The summed E-state index contributed by atoms with van der Waals surface area (Å²) >= 11 is 18.7. The van der Waals surface area contributed by atoms with Crippen molar-refractivity contribution in [3.05, 3.63) is 61.6 Å². The first kappa shape index (κ1) is 21.9. The van der Waals surface area contributed by atoms with E-state index in [4.69, 9.17) is 32.7 Å². The minimum absolute atomic E-state index is 0.193. The van der Waals surface area contributed by atoms with Gasteiger partial charge in [0.25, 0.3) is 5.69 Å². The second-order valence-electron chi connectivity index (χ2n) is 5.32. The highest BCUT2D eigenvalue weighted by atomic mass is 79.9. The van der Waals surface area contributed by atoms with Gasteiger partial charge in [0, 0.05) is 16.1 Å². The van der Waals surface area contributed by atoms with E-state index >= 15 is 0 Å². The zero-order chi connectivity index (χ0) is 20.3. The average molecular weight is 542 g/mol. The molecular weight excluding hydrogens is 529 g/mol. The van der Waals surface area contributed by atoms with Gasteiger partial charge in [0.05, 0.1) is 39.9 Å². The number of nitro benzene ring substituents is 1. The molecule has 144 valence electrons. The fourth-order valence-electron chi connectivity index (χ4n) is 2.39. The Morgan fingerprint density at radius 1 is 1.11 bits per heavy atom. The topological polar surface area (TPSA) is 78.7 Å². The van der Waals surface area contributed by atoms with Crippen LogP contribution < -0.4 is 9.47 Å². The van der Waals surface area contributed by atoms with Crippen LogP contribution in [0.3, 0.4) is 0 Å². The molecule has 2 aromatic carbocycles. The van der Waals surface area contributed by atoms with E-state index < -0.39 is 14.6 Å². The number of alkyl halides is 2. The van der Waals surface area contributed by atoms with Crippen LogP contribution in [0.25, 0.3) is 0 Å². The van der Waals surface area contributed by atoms with Gasteiger partial charge in [-0.25, -0.2) is 0 Å². The molecule has 0 saturated carbocycles. The number of carbonyl (C=O) groups excluding carboxylic acids is 1. The van der Waals surface area contributed by atoms with Crippen LogP contribution in [0.2, 0.25) is 10.0 Å². The molecule has 2 aromatic rings. The Hall–Kier alpha value is -1.35. The number of methoxy groups -OCH3 is 2. The van der Waals surface area contributed by atoms with Crippen LogP contribution in [-0.2, 0) is 0 Å². The predicted molar refractivity (Wildman–Crippen MR) is 111 cm³/mol. The van der Waals surface area contributed by atoms with Gasteiger partial charge < -0.3 is 9.47 Å². The monoisotopic (exact) mass is 539 g/mol. The molecular formula is C17H13Br2Cl2NO5. The summed E-state index contributed by atoms with van der Waals surface area (Å²) in [7, 11) is 2.80. The van der Waals surface area contributed by atoms with Gasteiger partial charge in [-0.1, -0.05) is 55.1 Å². The van der Waals surface area contributed by atoms with Crippen molar-refractivity contribution < 1.29 is 19.2 Å². The molecule has 0 fully saturated rings. The molecule has 27 heavy (non-hydrogen) atoms. The van der Waals surface area contributed by atoms with Gasteiger partial charge in [-0.2, -0.15) is 0 Å². The Kier molecular flexibility index (Phi) is 7.50. The number of nitrogens with zero attached hydrogens (tertiary/aromatic N) is 1. The lowest BCUT2D eigenvalue weighted by Crippen LogP contribution is -2.20. The van der Waals surface area contributed by atoms with E-state index in [9.17, 15) is 14.9 Å². The summed E-state index contributed by atoms with van der Waals surface area (Å²) in [4.78, 5) is 22.2. The molecule has 0 aliphatic heterocycles. The average Bonchev–Trinajstić information content (AvgIpc) is 2.65. The fourth-order valence-corrected chi connectivity index (χ4v) is 4.03. The highest BCUT2D eigenvalue weighted by Crippen LogP contribution is 2.43. The largest absolute Gasteiger partial charge is 0.493 e. The summed E-state index contributed by atoms with van der Waals surface area (Å²) in [6.45, 7) is 0. The van der Waals surface area contributed by atoms with Crippen LogP contribution in [0, 0.1) is 10.1 Å². The normalized spacial score (nSPS) is 13.0. The number of benzene rings is 2. The first-order valence-corrected chi connectivity index (χ1v) is 9.97. The maximum absolute atomic E-state index is 12.8. The Labute approximate surface area is 182 Å². The number of carbonyl (C=O) groups is 1. The van der Waals surface area contributed by atoms with Crippen LogP contribution in [0.1, 0.15) is 20.7 Å². The zero-order valence-electron chi connectivity index (χ0n) is 14.0. The van der Waals surface area contributed by atoms with Crippen molar-refractivity contribution in [1.82, 2.24) is 0 Å². The van der Waals surface area contributed by atoms with Crippen LogP contribution in [0.4, 0.5) is 5.69 Å². The van der Waals surface area contributed by atoms with E-state index in [1.165, 1.54) is 38.5 Å². The molecule has 2 unspecified atom stereocenters. The highest BCUT2D eigenvalue weighted by molar-refractivity contribution is 9.12. The maximum atomic E-state index is 12.8. The lowest BCUT2D eigenvalue weighted by molar-refractivity contribution is -0.385. The summed E-state index contributed by atoms with van der Waals surface area (Å²) in [6.07, 6.45) is 0. The number of hydrogen-bond donors (Lipinski definition) is 0. The lowest BCUT2D eigenvalue weighted by atomic mass is 10.0. The van der Waals surface area contributed by atoms with Crippen LogP contribution in [-0.4, -0.2) is 29.8 Å². The van der Waals surface area contributed by atoms with Crippen molar-refractivity contribution in [3.8, 4) is 11.5 Å². The molecule has 0 heterocycles. The maximum Gasteiger partial charge on any atom is 0.277 e. The third-order valence-corrected chi connectivity index (χ3v) is 6.95. The van der Waals surface area contributed by atoms with Crippen molar-refractivity contribution >= 4 is 66.5 Å². The van der Waals surface area contributed by atoms with Crippen LogP contribution >= 0.6 is 55.1 Å². The van der Waals surface area contributed by atoms with Crippen molar-refractivity contribution in [2.24, 2.45) is 0 Å². The molecule has 2 atom stereocenters. The van der Waals surface area contributed by atoms with Gasteiger partial charge in [0.2, 0.25) is 0 Å².